The number of fused-ring (bicyclic) bond motifs is 2. The van der Waals surface area contributed by atoms with Gasteiger partial charge in [0.25, 0.3) is 5.56 Å². The maximum Gasteiger partial charge on any atom is 0.333 e. The van der Waals surface area contributed by atoms with Gasteiger partial charge in [-0.1, -0.05) is 48.5 Å². The molecule has 3 aromatic carbocycles. The Morgan fingerprint density at radius 2 is 1.60 bits per heavy atom. The number of rotatable bonds is 2. The number of aryl methyl sites for hydroxylation is 2. The lowest BCUT2D eigenvalue weighted by Gasteiger charge is -2.12. The van der Waals surface area contributed by atoms with E-state index in [2.05, 4.69) is 35.9 Å². The minimum atomic E-state index is -0.482. The van der Waals surface area contributed by atoms with Crippen molar-refractivity contribution in [3.8, 4) is 16.8 Å². The first-order chi connectivity index (χ1) is 14.5. The summed E-state index contributed by atoms with van der Waals surface area (Å²) in [7, 11) is 0. The third-order valence-corrected chi connectivity index (χ3v) is 5.56. The summed E-state index contributed by atoms with van der Waals surface area (Å²) in [5, 5.41) is 2.12. The number of benzene rings is 3. The van der Waals surface area contributed by atoms with Crippen molar-refractivity contribution >= 4 is 21.7 Å². The normalized spacial score (nSPS) is 11.3. The molecule has 0 aliphatic heterocycles. The van der Waals surface area contributed by atoms with Crippen molar-refractivity contribution in [2.24, 2.45) is 0 Å². The van der Waals surface area contributed by atoms with E-state index in [1.54, 1.807) is 18.5 Å². The summed E-state index contributed by atoms with van der Waals surface area (Å²) in [6.07, 6.45) is 3.27. The molecular weight excluding hydrogens is 374 g/mol. The minimum Gasteiger partial charge on any atom is -0.306 e. The highest BCUT2D eigenvalue weighted by Crippen LogP contribution is 2.28. The van der Waals surface area contributed by atoms with E-state index in [1.165, 1.54) is 0 Å². The summed E-state index contributed by atoms with van der Waals surface area (Å²) in [6.45, 7) is 4.11. The number of nitrogens with one attached hydrogen (secondary N) is 1. The summed E-state index contributed by atoms with van der Waals surface area (Å²) in [5.41, 5.74) is 4.53. The van der Waals surface area contributed by atoms with Crippen LogP contribution in [-0.4, -0.2) is 14.5 Å². The van der Waals surface area contributed by atoms with Crippen molar-refractivity contribution in [2.45, 2.75) is 13.8 Å². The van der Waals surface area contributed by atoms with E-state index in [-0.39, 0.29) is 5.56 Å². The molecule has 0 aliphatic rings. The predicted octanol–water partition coefficient (Wildman–Crippen LogP) is 4.51. The molecule has 0 amide bonds. The molecule has 30 heavy (non-hydrogen) atoms. The van der Waals surface area contributed by atoms with Gasteiger partial charge in [0.05, 0.1) is 22.8 Å². The summed E-state index contributed by atoms with van der Waals surface area (Å²) in [4.78, 5) is 33.4. The second-order valence-electron chi connectivity index (χ2n) is 7.48. The van der Waals surface area contributed by atoms with Gasteiger partial charge in [-0.05, 0) is 48.2 Å². The first-order valence-corrected chi connectivity index (χ1v) is 9.73. The fourth-order valence-electron chi connectivity index (χ4n) is 4.14. The molecule has 0 aliphatic carbocycles. The van der Waals surface area contributed by atoms with Crippen LogP contribution in [-0.2, 0) is 0 Å². The number of pyridine rings is 1. The highest BCUT2D eigenvalue weighted by Gasteiger charge is 2.14. The van der Waals surface area contributed by atoms with Gasteiger partial charge in [0, 0.05) is 17.0 Å². The standard InChI is InChI=1S/C25H19N3O2/c1-15-6-5-7-16(2)23(15)17-10-11-20-21(12-17)27-25(30)28(24(20)29)22-14-26-13-18-8-3-4-9-19(18)22/h3-14H,1-2H3,(H,27,30). The van der Waals surface area contributed by atoms with Crippen LogP contribution in [0.2, 0.25) is 0 Å². The molecule has 2 heterocycles. The minimum absolute atomic E-state index is 0.361. The van der Waals surface area contributed by atoms with Gasteiger partial charge in [-0.15, -0.1) is 0 Å². The highest BCUT2D eigenvalue weighted by atomic mass is 16.2. The molecule has 0 unspecified atom stereocenters. The average molecular weight is 393 g/mol. The summed E-state index contributed by atoms with van der Waals surface area (Å²) >= 11 is 0. The topological polar surface area (TPSA) is 67.8 Å². The molecule has 0 atom stereocenters. The van der Waals surface area contributed by atoms with Crippen molar-refractivity contribution in [1.82, 2.24) is 14.5 Å². The first-order valence-electron chi connectivity index (χ1n) is 9.73. The molecule has 2 aromatic heterocycles. The molecule has 5 heteroatoms. The van der Waals surface area contributed by atoms with Crippen LogP contribution < -0.4 is 11.2 Å². The molecule has 5 rings (SSSR count). The second-order valence-corrected chi connectivity index (χ2v) is 7.48. The van der Waals surface area contributed by atoms with Crippen LogP contribution in [0.3, 0.4) is 0 Å². The molecule has 1 N–H and O–H groups in total. The monoisotopic (exact) mass is 393 g/mol. The number of aromatic amines is 1. The fourth-order valence-corrected chi connectivity index (χ4v) is 4.14. The summed E-state index contributed by atoms with van der Waals surface area (Å²) < 4.78 is 1.16. The van der Waals surface area contributed by atoms with Crippen LogP contribution in [0.4, 0.5) is 0 Å². The zero-order valence-corrected chi connectivity index (χ0v) is 16.6. The van der Waals surface area contributed by atoms with Gasteiger partial charge in [-0.2, -0.15) is 0 Å². The fraction of sp³-hybridized carbons (Fsp3) is 0.0800. The Labute approximate surface area is 172 Å². The van der Waals surface area contributed by atoms with Crippen LogP contribution in [0.5, 0.6) is 0 Å². The molecule has 0 saturated carbocycles. The van der Waals surface area contributed by atoms with E-state index < -0.39 is 5.69 Å². The van der Waals surface area contributed by atoms with Crippen LogP contribution >= 0.6 is 0 Å². The van der Waals surface area contributed by atoms with Gasteiger partial charge in [-0.25, -0.2) is 9.36 Å². The van der Waals surface area contributed by atoms with Crippen LogP contribution in [0.15, 0.2) is 82.6 Å². The maximum absolute atomic E-state index is 13.3. The molecular formula is C25H19N3O2. The Kier molecular flexibility index (Phi) is 4.10. The van der Waals surface area contributed by atoms with Gasteiger partial charge >= 0.3 is 5.69 Å². The smallest absolute Gasteiger partial charge is 0.306 e. The Bertz CT molecular complexity index is 1540. The third kappa shape index (κ3) is 2.75. The van der Waals surface area contributed by atoms with Gasteiger partial charge in [-0.3, -0.25) is 9.78 Å². The van der Waals surface area contributed by atoms with Crippen LogP contribution in [0, 0.1) is 13.8 Å². The summed E-state index contributed by atoms with van der Waals surface area (Å²) in [6, 6.07) is 19.3. The number of hydrogen-bond acceptors (Lipinski definition) is 3. The van der Waals surface area contributed by atoms with Gasteiger partial charge < -0.3 is 4.98 Å². The molecule has 0 fully saturated rings. The van der Waals surface area contributed by atoms with Crippen molar-refractivity contribution < 1.29 is 0 Å². The zero-order valence-electron chi connectivity index (χ0n) is 16.6. The third-order valence-electron chi connectivity index (χ3n) is 5.56. The first kappa shape index (κ1) is 18.1. The zero-order chi connectivity index (χ0) is 20.8. The Morgan fingerprint density at radius 3 is 2.40 bits per heavy atom. The molecule has 0 radical (unpaired) electrons. The quantitative estimate of drug-likeness (QED) is 0.480. The van der Waals surface area contributed by atoms with Crippen molar-refractivity contribution in [3.63, 3.8) is 0 Å². The van der Waals surface area contributed by atoms with Gasteiger partial charge in [0.15, 0.2) is 0 Å². The number of aromatic nitrogens is 3. The van der Waals surface area contributed by atoms with Crippen LogP contribution in [0.25, 0.3) is 38.5 Å². The average Bonchev–Trinajstić information content (AvgIpc) is 2.73. The molecule has 146 valence electrons. The van der Waals surface area contributed by atoms with Crippen molar-refractivity contribution in [1.29, 1.82) is 0 Å². The van der Waals surface area contributed by atoms with Gasteiger partial charge in [0.2, 0.25) is 0 Å². The van der Waals surface area contributed by atoms with Crippen molar-refractivity contribution in [2.75, 3.05) is 0 Å². The maximum atomic E-state index is 13.3. The molecule has 5 aromatic rings. The van der Waals surface area contributed by atoms with E-state index in [4.69, 9.17) is 0 Å². The van der Waals surface area contributed by atoms with Crippen molar-refractivity contribution in [3.05, 3.63) is 105 Å². The summed E-state index contributed by atoms with van der Waals surface area (Å²) in [5.74, 6) is 0. The number of hydrogen-bond donors (Lipinski definition) is 1. The highest BCUT2D eigenvalue weighted by molar-refractivity contribution is 5.90. The van der Waals surface area contributed by atoms with Gasteiger partial charge in [0.1, 0.15) is 0 Å². The van der Waals surface area contributed by atoms with E-state index >= 15 is 0 Å². The second kappa shape index (κ2) is 6.81. The molecule has 0 bridgehead atoms. The van der Waals surface area contributed by atoms with E-state index in [0.29, 0.717) is 16.6 Å². The molecule has 0 saturated heterocycles. The Balaban J connectivity index is 1.78. The number of H-pyrrole nitrogens is 1. The lowest BCUT2D eigenvalue weighted by molar-refractivity contribution is 0.902. The van der Waals surface area contributed by atoms with Crippen LogP contribution in [0.1, 0.15) is 11.1 Å². The van der Waals surface area contributed by atoms with E-state index in [0.717, 1.165) is 37.6 Å². The van der Waals surface area contributed by atoms with E-state index in [9.17, 15) is 9.59 Å². The Hall–Kier alpha value is -3.99. The lowest BCUT2D eigenvalue weighted by Crippen LogP contribution is -2.33. The van der Waals surface area contributed by atoms with E-state index in [1.807, 2.05) is 42.5 Å². The predicted molar refractivity (Wildman–Crippen MR) is 120 cm³/mol. The number of nitrogens with zero attached hydrogens (tertiary/aromatic N) is 2. The largest absolute Gasteiger partial charge is 0.333 e. The lowest BCUT2D eigenvalue weighted by atomic mass is 9.95. The molecule has 0 spiro atoms. The SMILES string of the molecule is Cc1cccc(C)c1-c1ccc2c(=O)n(-c3cncc4ccccc34)c(=O)[nH]c2c1. The molecule has 5 nitrogen and oxygen atoms in total. The Morgan fingerprint density at radius 1 is 0.833 bits per heavy atom.